The molecule has 9 aromatic rings. The Morgan fingerprint density at radius 1 is 0.452 bits per heavy atom. The molecule has 0 atom stereocenters. The van der Waals surface area contributed by atoms with Crippen molar-refractivity contribution in [3.05, 3.63) is 152 Å². The van der Waals surface area contributed by atoms with Crippen LogP contribution < -0.4 is 0 Å². The minimum atomic E-state index is 1.01. The van der Waals surface area contributed by atoms with E-state index in [2.05, 4.69) is 149 Å². The summed E-state index contributed by atoms with van der Waals surface area (Å²) in [4.78, 5) is 4.89. The van der Waals surface area contributed by atoms with Gasteiger partial charge < -0.3 is 9.13 Å². The van der Waals surface area contributed by atoms with Crippen LogP contribution >= 0.6 is 0 Å². The van der Waals surface area contributed by atoms with Crippen molar-refractivity contribution in [2.45, 2.75) is 0 Å². The van der Waals surface area contributed by atoms with Gasteiger partial charge in [-0.1, -0.05) is 91.0 Å². The molecule has 0 N–H and O–H groups in total. The first kappa shape index (κ1) is 23.1. The Morgan fingerprint density at radius 3 is 1.76 bits per heavy atom. The molecular formula is C39H25N3. The SMILES string of the molecule is c1ccc(-n2c3ccccc3c3cc(-c4cnc5ccccc5c4)c4c5ccccc5n(-c5ccccc5)c4c32)cc1. The van der Waals surface area contributed by atoms with E-state index in [0.29, 0.717) is 0 Å². The fourth-order valence-corrected chi connectivity index (χ4v) is 6.73. The van der Waals surface area contributed by atoms with E-state index in [0.717, 1.165) is 27.8 Å². The summed E-state index contributed by atoms with van der Waals surface area (Å²) >= 11 is 0. The van der Waals surface area contributed by atoms with Gasteiger partial charge in [-0.15, -0.1) is 0 Å². The van der Waals surface area contributed by atoms with Crippen LogP contribution in [0.3, 0.4) is 0 Å². The molecule has 0 amide bonds. The van der Waals surface area contributed by atoms with Crippen LogP contribution in [0.1, 0.15) is 0 Å². The van der Waals surface area contributed by atoms with E-state index < -0.39 is 0 Å². The van der Waals surface area contributed by atoms with Gasteiger partial charge in [-0.05, 0) is 60.2 Å². The number of benzene rings is 6. The van der Waals surface area contributed by atoms with E-state index in [-0.39, 0.29) is 0 Å². The van der Waals surface area contributed by atoms with Crippen molar-refractivity contribution in [1.82, 2.24) is 14.1 Å². The van der Waals surface area contributed by atoms with Crippen molar-refractivity contribution in [3.8, 4) is 22.5 Å². The third-order valence-corrected chi connectivity index (χ3v) is 8.50. The largest absolute Gasteiger partial charge is 0.307 e. The average molecular weight is 536 g/mol. The molecule has 42 heavy (non-hydrogen) atoms. The minimum Gasteiger partial charge on any atom is -0.307 e. The van der Waals surface area contributed by atoms with Crippen LogP contribution in [0, 0.1) is 0 Å². The van der Waals surface area contributed by atoms with Gasteiger partial charge >= 0.3 is 0 Å². The lowest BCUT2D eigenvalue weighted by Crippen LogP contribution is -1.99. The molecule has 0 aliphatic carbocycles. The van der Waals surface area contributed by atoms with Crippen LogP contribution in [-0.4, -0.2) is 14.1 Å². The maximum atomic E-state index is 4.89. The lowest BCUT2D eigenvalue weighted by Gasteiger charge is -2.14. The van der Waals surface area contributed by atoms with E-state index in [9.17, 15) is 0 Å². The second-order valence-corrected chi connectivity index (χ2v) is 10.8. The lowest BCUT2D eigenvalue weighted by atomic mass is 9.96. The summed E-state index contributed by atoms with van der Waals surface area (Å²) in [5.74, 6) is 0. The summed E-state index contributed by atoms with van der Waals surface area (Å²) in [6.07, 6.45) is 2.04. The highest BCUT2D eigenvalue weighted by molar-refractivity contribution is 6.28. The molecule has 3 aromatic heterocycles. The van der Waals surface area contributed by atoms with Gasteiger partial charge in [0.2, 0.25) is 0 Å². The summed E-state index contributed by atoms with van der Waals surface area (Å²) in [6, 6.07) is 52.1. The van der Waals surface area contributed by atoms with Crippen molar-refractivity contribution < 1.29 is 0 Å². The third kappa shape index (κ3) is 3.25. The molecule has 0 spiro atoms. The molecule has 0 saturated heterocycles. The molecule has 0 fully saturated rings. The number of pyridine rings is 1. The van der Waals surface area contributed by atoms with Crippen LogP contribution in [0.25, 0.3) is 77.0 Å². The molecular weight excluding hydrogens is 510 g/mol. The summed E-state index contributed by atoms with van der Waals surface area (Å²) < 4.78 is 4.89. The molecule has 0 unspecified atom stereocenters. The molecule has 6 aromatic carbocycles. The van der Waals surface area contributed by atoms with Gasteiger partial charge in [-0.25, -0.2) is 0 Å². The highest BCUT2D eigenvalue weighted by Crippen LogP contribution is 2.46. The van der Waals surface area contributed by atoms with Crippen LogP contribution in [0.5, 0.6) is 0 Å². The van der Waals surface area contributed by atoms with Gasteiger partial charge in [-0.3, -0.25) is 4.98 Å². The standard InChI is InChI=1S/C39H25N3/c1-3-14-28(15-4-1)41-35-21-11-8-18-30(35)33-24-32(27-23-26-13-7-10-20-34(26)40-25-27)37-31-19-9-12-22-36(31)42(39(37)38(33)41)29-16-5-2-6-17-29/h1-25H. The Labute approximate surface area is 242 Å². The zero-order valence-corrected chi connectivity index (χ0v) is 22.8. The molecule has 196 valence electrons. The van der Waals surface area contributed by atoms with Gasteiger partial charge in [0.05, 0.1) is 27.6 Å². The normalized spacial score (nSPS) is 11.8. The predicted molar refractivity (Wildman–Crippen MR) is 176 cm³/mol. The first-order valence-corrected chi connectivity index (χ1v) is 14.3. The van der Waals surface area contributed by atoms with Crippen LogP contribution in [0.15, 0.2) is 152 Å². The smallest absolute Gasteiger partial charge is 0.0795 e. The van der Waals surface area contributed by atoms with Crippen LogP contribution in [0.4, 0.5) is 0 Å². The zero-order valence-electron chi connectivity index (χ0n) is 22.8. The molecule has 0 saturated carbocycles. The molecule has 0 bridgehead atoms. The van der Waals surface area contributed by atoms with Crippen LogP contribution in [0.2, 0.25) is 0 Å². The highest BCUT2D eigenvalue weighted by Gasteiger charge is 2.24. The summed E-state index contributed by atoms with van der Waals surface area (Å²) in [5, 5.41) is 6.07. The monoisotopic (exact) mass is 535 g/mol. The summed E-state index contributed by atoms with van der Waals surface area (Å²) in [7, 11) is 0. The minimum absolute atomic E-state index is 1.01. The molecule has 3 heterocycles. The van der Waals surface area contributed by atoms with E-state index in [1.165, 1.54) is 49.2 Å². The van der Waals surface area contributed by atoms with Gasteiger partial charge in [0.15, 0.2) is 0 Å². The molecule has 3 nitrogen and oxygen atoms in total. The Bertz CT molecular complexity index is 2450. The van der Waals surface area contributed by atoms with E-state index >= 15 is 0 Å². The highest BCUT2D eigenvalue weighted by atomic mass is 15.0. The number of aromatic nitrogens is 3. The van der Waals surface area contributed by atoms with Gasteiger partial charge in [-0.2, -0.15) is 0 Å². The molecule has 0 aliphatic rings. The first-order valence-electron chi connectivity index (χ1n) is 14.3. The number of rotatable bonds is 3. The van der Waals surface area contributed by atoms with Crippen molar-refractivity contribution in [2.75, 3.05) is 0 Å². The third-order valence-electron chi connectivity index (χ3n) is 8.50. The Kier molecular flexibility index (Phi) is 4.90. The van der Waals surface area contributed by atoms with E-state index in [1.54, 1.807) is 0 Å². The Balaban J connectivity index is 1.57. The Hall–Kier alpha value is -5.67. The number of para-hydroxylation sites is 5. The quantitative estimate of drug-likeness (QED) is 0.221. The maximum Gasteiger partial charge on any atom is 0.0795 e. The van der Waals surface area contributed by atoms with Crippen LogP contribution in [-0.2, 0) is 0 Å². The fraction of sp³-hybridized carbons (Fsp3) is 0. The van der Waals surface area contributed by atoms with E-state index in [4.69, 9.17) is 4.98 Å². The Morgan fingerprint density at radius 2 is 1.02 bits per heavy atom. The number of hydrogen-bond acceptors (Lipinski definition) is 1. The second-order valence-electron chi connectivity index (χ2n) is 10.8. The molecule has 9 rings (SSSR count). The number of hydrogen-bond donors (Lipinski definition) is 0. The molecule has 0 radical (unpaired) electrons. The lowest BCUT2D eigenvalue weighted by molar-refractivity contribution is 1.15. The van der Waals surface area contributed by atoms with Gasteiger partial charge in [0.1, 0.15) is 0 Å². The van der Waals surface area contributed by atoms with E-state index in [1.807, 2.05) is 12.3 Å². The first-order chi connectivity index (χ1) is 20.9. The molecule has 3 heteroatoms. The van der Waals surface area contributed by atoms with Crippen molar-refractivity contribution >= 4 is 54.5 Å². The topological polar surface area (TPSA) is 22.8 Å². The number of nitrogens with zero attached hydrogens (tertiary/aromatic N) is 3. The summed E-state index contributed by atoms with van der Waals surface area (Å²) in [5.41, 5.74) is 10.4. The van der Waals surface area contributed by atoms with Crippen molar-refractivity contribution in [2.24, 2.45) is 0 Å². The van der Waals surface area contributed by atoms with Gasteiger partial charge in [0.25, 0.3) is 0 Å². The van der Waals surface area contributed by atoms with Gasteiger partial charge in [0, 0.05) is 50.1 Å². The zero-order chi connectivity index (χ0) is 27.6. The number of fused-ring (bicyclic) bond motifs is 8. The van der Waals surface area contributed by atoms with Crippen molar-refractivity contribution in [3.63, 3.8) is 0 Å². The average Bonchev–Trinajstić information content (AvgIpc) is 3.58. The maximum absolute atomic E-state index is 4.89. The van der Waals surface area contributed by atoms with Crippen molar-refractivity contribution in [1.29, 1.82) is 0 Å². The summed E-state index contributed by atoms with van der Waals surface area (Å²) in [6.45, 7) is 0. The predicted octanol–water partition coefficient (Wildman–Crippen LogP) is 10.1. The second kappa shape index (κ2) is 8.92. The fourth-order valence-electron chi connectivity index (χ4n) is 6.73. The molecule has 0 aliphatic heterocycles.